The van der Waals surface area contributed by atoms with Gasteiger partial charge in [-0.2, -0.15) is 0 Å². The lowest BCUT2D eigenvalue weighted by Gasteiger charge is -2.18. The van der Waals surface area contributed by atoms with Crippen molar-refractivity contribution in [3.8, 4) is 0 Å². The summed E-state index contributed by atoms with van der Waals surface area (Å²) < 4.78 is 2.03. The fraction of sp³-hybridized carbons (Fsp3) is 0.353. The first kappa shape index (κ1) is 13.9. The summed E-state index contributed by atoms with van der Waals surface area (Å²) >= 11 is 0. The Bertz CT molecular complexity index is 606. The normalized spacial score (nSPS) is 18.1. The summed E-state index contributed by atoms with van der Waals surface area (Å²) in [6, 6.07) is 14.5. The summed E-state index contributed by atoms with van der Waals surface area (Å²) in [7, 11) is 1.96. The molecular formula is C17H21N3O. The van der Waals surface area contributed by atoms with Gasteiger partial charge in [0.2, 0.25) is 0 Å². The Morgan fingerprint density at radius 1 is 1.24 bits per heavy atom. The second-order valence-electron chi connectivity index (χ2n) is 5.53. The Morgan fingerprint density at radius 3 is 2.76 bits per heavy atom. The number of carbonyl (C=O) groups excluding carboxylic acids is 1. The van der Waals surface area contributed by atoms with Gasteiger partial charge in [0.25, 0.3) is 5.91 Å². The summed E-state index contributed by atoms with van der Waals surface area (Å²) in [4.78, 5) is 14.6. The Hall–Kier alpha value is -2.07. The van der Waals surface area contributed by atoms with Crippen molar-refractivity contribution in [3.05, 3.63) is 59.9 Å². The third kappa shape index (κ3) is 3.00. The molecule has 1 aromatic heterocycles. The quantitative estimate of drug-likeness (QED) is 0.931. The number of benzene rings is 1. The lowest BCUT2D eigenvalue weighted by molar-refractivity contribution is 0.0779. The van der Waals surface area contributed by atoms with Crippen LogP contribution in [0.2, 0.25) is 0 Å². The molecule has 110 valence electrons. The SMILES string of the molecule is CNC1CCN(C(=O)c2cccn2Cc2ccccc2)C1. The minimum atomic E-state index is 0.133. The fourth-order valence-electron chi connectivity index (χ4n) is 2.87. The molecule has 4 nitrogen and oxygen atoms in total. The number of nitrogens with one attached hydrogen (secondary N) is 1. The van der Waals surface area contributed by atoms with Crippen LogP contribution in [0.1, 0.15) is 22.5 Å². The molecule has 0 spiro atoms. The molecule has 1 unspecified atom stereocenters. The van der Waals surface area contributed by atoms with E-state index in [1.165, 1.54) is 5.56 Å². The average Bonchev–Trinajstić information content (AvgIpc) is 3.16. The minimum Gasteiger partial charge on any atom is -0.339 e. The van der Waals surface area contributed by atoms with Crippen molar-refractivity contribution in [1.29, 1.82) is 0 Å². The summed E-state index contributed by atoms with van der Waals surface area (Å²) in [5, 5.41) is 3.25. The molecule has 1 saturated heterocycles. The zero-order valence-electron chi connectivity index (χ0n) is 12.3. The van der Waals surface area contributed by atoms with E-state index in [-0.39, 0.29) is 5.91 Å². The van der Waals surface area contributed by atoms with Crippen LogP contribution in [-0.2, 0) is 6.54 Å². The number of aromatic nitrogens is 1. The minimum absolute atomic E-state index is 0.133. The number of hydrogen-bond donors (Lipinski definition) is 1. The first-order valence-electron chi connectivity index (χ1n) is 7.43. The van der Waals surface area contributed by atoms with Crippen LogP contribution in [0, 0.1) is 0 Å². The molecule has 0 bridgehead atoms. The highest BCUT2D eigenvalue weighted by atomic mass is 16.2. The van der Waals surface area contributed by atoms with E-state index in [4.69, 9.17) is 0 Å². The summed E-state index contributed by atoms with van der Waals surface area (Å²) in [6.45, 7) is 2.37. The molecule has 21 heavy (non-hydrogen) atoms. The Morgan fingerprint density at radius 2 is 2.05 bits per heavy atom. The van der Waals surface area contributed by atoms with E-state index in [0.717, 1.165) is 31.7 Å². The van der Waals surface area contributed by atoms with Gasteiger partial charge < -0.3 is 14.8 Å². The summed E-state index contributed by atoms with van der Waals surface area (Å²) in [6.07, 6.45) is 3.01. The fourth-order valence-corrected chi connectivity index (χ4v) is 2.87. The van der Waals surface area contributed by atoms with Crippen molar-refractivity contribution in [2.75, 3.05) is 20.1 Å². The molecule has 0 radical (unpaired) electrons. The predicted octanol–water partition coefficient (Wildman–Crippen LogP) is 1.97. The molecule has 1 amide bonds. The smallest absolute Gasteiger partial charge is 0.270 e. The highest BCUT2D eigenvalue weighted by Gasteiger charge is 2.27. The maximum atomic E-state index is 12.7. The topological polar surface area (TPSA) is 37.3 Å². The van der Waals surface area contributed by atoms with Crippen LogP contribution in [0.15, 0.2) is 48.7 Å². The van der Waals surface area contributed by atoms with Crippen LogP contribution >= 0.6 is 0 Å². The highest BCUT2D eigenvalue weighted by Crippen LogP contribution is 2.15. The van der Waals surface area contributed by atoms with Gasteiger partial charge in [-0.05, 0) is 31.2 Å². The average molecular weight is 283 g/mol. The molecule has 2 aromatic rings. The van der Waals surface area contributed by atoms with Gasteiger partial charge in [0.1, 0.15) is 5.69 Å². The highest BCUT2D eigenvalue weighted by molar-refractivity contribution is 5.93. The van der Waals surface area contributed by atoms with Crippen molar-refractivity contribution < 1.29 is 4.79 Å². The van der Waals surface area contributed by atoms with E-state index in [1.54, 1.807) is 0 Å². The lowest BCUT2D eigenvalue weighted by Crippen LogP contribution is -2.34. The van der Waals surface area contributed by atoms with Gasteiger partial charge in [-0.25, -0.2) is 0 Å². The first-order valence-corrected chi connectivity index (χ1v) is 7.43. The number of nitrogens with zero attached hydrogens (tertiary/aromatic N) is 2. The van der Waals surface area contributed by atoms with E-state index >= 15 is 0 Å². The third-order valence-corrected chi connectivity index (χ3v) is 4.13. The van der Waals surface area contributed by atoms with E-state index in [1.807, 2.05) is 53.0 Å². The third-order valence-electron chi connectivity index (χ3n) is 4.13. The molecule has 1 fully saturated rings. The van der Waals surface area contributed by atoms with E-state index in [0.29, 0.717) is 6.04 Å². The van der Waals surface area contributed by atoms with Crippen LogP contribution in [-0.4, -0.2) is 41.6 Å². The van der Waals surface area contributed by atoms with Gasteiger partial charge in [0, 0.05) is 31.9 Å². The van der Waals surface area contributed by atoms with E-state index in [9.17, 15) is 4.79 Å². The van der Waals surface area contributed by atoms with E-state index in [2.05, 4.69) is 17.4 Å². The van der Waals surface area contributed by atoms with E-state index < -0.39 is 0 Å². The zero-order valence-corrected chi connectivity index (χ0v) is 12.3. The molecule has 0 saturated carbocycles. The molecule has 1 aliphatic rings. The molecular weight excluding hydrogens is 262 g/mol. The molecule has 1 N–H and O–H groups in total. The number of rotatable bonds is 4. The van der Waals surface area contributed by atoms with Crippen LogP contribution in [0.25, 0.3) is 0 Å². The van der Waals surface area contributed by atoms with Gasteiger partial charge in [-0.1, -0.05) is 30.3 Å². The Balaban J connectivity index is 1.75. The molecule has 1 aliphatic heterocycles. The van der Waals surface area contributed by atoms with Crippen LogP contribution in [0.3, 0.4) is 0 Å². The van der Waals surface area contributed by atoms with Crippen LogP contribution in [0.4, 0.5) is 0 Å². The largest absolute Gasteiger partial charge is 0.339 e. The molecule has 2 heterocycles. The number of likely N-dealkylation sites (tertiary alicyclic amines) is 1. The molecule has 3 rings (SSSR count). The molecule has 4 heteroatoms. The Labute approximate surface area is 125 Å². The van der Waals surface area contributed by atoms with Crippen molar-refractivity contribution in [2.45, 2.75) is 19.0 Å². The second kappa shape index (κ2) is 6.14. The van der Waals surface area contributed by atoms with Gasteiger partial charge in [0.15, 0.2) is 0 Å². The predicted molar refractivity (Wildman–Crippen MR) is 83.3 cm³/mol. The number of hydrogen-bond acceptors (Lipinski definition) is 2. The first-order chi connectivity index (χ1) is 10.3. The van der Waals surface area contributed by atoms with Crippen LogP contribution in [0.5, 0.6) is 0 Å². The summed E-state index contributed by atoms with van der Waals surface area (Å²) in [5.74, 6) is 0.133. The van der Waals surface area contributed by atoms with Gasteiger partial charge in [-0.3, -0.25) is 4.79 Å². The van der Waals surface area contributed by atoms with Crippen molar-refractivity contribution >= 4 is 5.91 Å². The zero-order chi connectivity index (χ0) is 14.7. The van der Waals surface area contributed by atoms with Crippen molar-refractivity contribution in [1.82, 2.24) is 14.8 Å². The number of likely N-dealkylation sites (N-methyl/N-ethyl adjacent to an activating group) is 1. The van der Waals surface area contributed by atoms with Crippen LogP contribution < -0.4 is 5.32 Å². The number of amides is 1. The van der Waals surface area contributed by atoms with Crippen molar-refractivity contribution in [3.63, 3.8) is 0 Å². The maximum Gasteiger partial charge on any atom is 0.270 e. The molecule has 0 aliphatic carbocycles. The second-order valence-corrected chi connectivity index (χ2v) is 5.53. The molecule has 1 aromatic carbocycles. The van der Waals surface area contributed by atoms with Gasteiger partial charge in [0.05, 0.1) is 0 Å². The lowest BCUT2D eigenvalue weighted by atomic mass is 10.2. The van der Waals surface area contributed by atoms with Crippen molar-refractivity contribution in [2.24, 2.45) is 0 Å². The Kier molecular flexibility index (Phi) is 4.06. The maximum absolute atomic E-state index is 12.7. The summed E-state index contributed by atoms with van der Waals surface area (Å²) in [5.41, 5.74) is 1.98. The molecule has 1 atom stereocenters. The number of carbonyl (C=O) groups is 1. The standard InChI is InChI=1S/C17H21N3O/c1-18-15-9-11-20(13-15)17(21)16-8-5-10-19(16)12-14-6-3-2-4-7-14/h2-8,10,15,18H,9,11-13H2,1H3. The monoisotopic (exact) mass is 283 g/mol. The van der Waals surface area contributed by atoms with Gasteiger partial charge in [-0.15, -0.1) is 0 Å². The van der Waals surface area contributed by atoms with Gasteiger partial charge >= 0.3 is 0 Å².